The van der Waals surface area contributed by atoms with Gasteiger partial charge in [0.1, 0.15) is 23.8 Å². The molecule has 1 fully saturated rings. The van der Waals surface area contributed by atoms with Crippen molar-refractivity contribution in [2.24, 2.45) is 5.73 Å². The molecule has 0 saturated carbocycles. The van der Waals surface area contributed by atoms with Gasteiger partial charge in [0.2, 0.25) is 5.91 Å². The van der Waals surface area contributed by atoms with Crippen molar-refractivity contribution in [1.82, 2.24) is 20.2 Å². The Morgan fingerprint density at radius 2 is 2.13 bits per heavy atom. The Labute approximate surface area is 178 Å². The molecule has 1 aromatic heterocycles. The van der Waals surface area contributed by atoms with E-state index in [2.05, 4.69) is 26.1 Å². The maximum atomic E-state index is 12.7. The second kappa shape index (κ2) is 10.2. The van der Waals surface area contributed by atoms with Crippen LogP contribution in [0.25, 0.3) is 10.9 Å². The standard InChI is InChI=1S/C20H22N6O5/c21-10-13-3-1-6-26(13)17(27)11-23-19(28)18-15-9-14(4-5-16(15)24-12-25-18)30-7-2-8-31-20(22)29/h4-5,9,12-13H,1-3,6-8,11H2,(H2,22,29)(H,23,28). The lowest BCUT2D eigenvalue weighted by atomic mass is 10.1. The third kappa shape index (κ3) is 5.57. The second-order valence-electron chi connectivity index (χ2n) is 6.83. The van der Waals surface area contributed by atoms with Crippen molar-refractivity contribution in [3.63, 3.8) is 0 Å². The van der Waals surface area contributed by atoms with Crippen molar-refractivity contribution >= 4 is 28.8 Å². The fraction of sp³-hybridized carbons (Fsp3) is 0.400. The molecule has 0 radical (unpaired) electrons. The van der Waals surface area contributed by atoms with Crippen LogP contribution in [0.3, 0.4) is 0 Å². The van der Waals surface area contributed by atoms with Gasteiger partial charge in [-0.1, -0.05) is 0 Å². The molecule has 2 heterocycles. The van der Waals surface area contributed by atoms with Crippen LogP contribution < -0.4 is 15.8 Å². The summed E-state index contributed by atoms with van der Waals surface area (Å²) in [4.78, 5) is 45.2. The molecular formula is C20H22N6O5. The average molecular weight is 426 g/mol. The largest absolute Gasteiger partial charge is 0.493 e. The molecule has 3 rings (SSSR count). The zero-order valence-corrected chi connectivity index (χ0v) is 16.7. The van der Waals surface area contributed by atoms with Gasteiger partial charge in [-0.25, -0.2) is 14.8 Å². The summed E-state index contributed by atoms with van der Waals surface area (Å²) >= 11 is 0. The molecule has 2 aromatic rings. The third-order valence-corrected chi connectivity index (χ3v) is 4.75. The number of hydrogen-bond donors (Lipinski definition) is 2. The van der Waals surface area contributed by atoms with E-state index in [-0.39, 0.29) is 31.4 Å². The number of nitrogens with zero attached hydrogens (tertiary/aromatic N) is 4. The highest BCUT2D eigenvalue weighted by atomic mass is 16.5. The van der Waals surface area contributed by atoms with Gasteiger partial charge in [-0.15, -0.1) is 0 Å². The SMILES string of the molecule is N#CC1CCCN1C(=O)CNC(=O)c1ncnc2ccc(OCCCOC(N)=O)cc12. The van der Waals surface area contributed by atoms with Crippen LogP contribution in [0.4, 0.5) is 4.79 Å². The normalized spacial score (nSPS) is 15.3. The maximum absolute atomic E-state index is 12.7. The smallest absolute Gasteiger partial charge is 0.404 e. The number of nitrogens with one attached hydrogen (secondary N) is 1. The molecule has 1 aliphatic heterocycles. The van der Waals surface area contributed by atoms with E-state index >= 15 is 0 Å². The van der Waals surface area contributed by atoms with Gasteiger partial charge < -0.3 is 25.4 Å². The van der Waals surface area contributed by atoms with Crippen LogP contribution in [0.5, 0.6) is 5.75 Å². The number of rotatable bonds is 8. The van der Waals surface area contributed by atoms with Gasteiger partial charge in [0.15, 0.2) is 0 Å². The van der Waals surface area contributed by atoms with Crippen LogP contribution in [0.2, 0.25) is 0 Å². The van der Waals surface area contributed by atoms with Crippen LogP contribution >= 0.6 is 0 Å². The Morgan fingerprint density at radius 1 is 1.29 bits per heavy atom. The number of carbonyl (C=O) groups excluding carboxylic acids is 3. The summed E-state index contributed by atoms with van der Waals surface area (Å²) in [5.41, 5.74) is 5.55. The number of likely N-dealkylation sites (tertiary alicyclic amines) is 1. The lowest BCUT2D eigenvalue weighted by Crippen LogP contribution is -2.42. The average Bonchev–Trinajstić information content (AvgIpc) is 3.25. The minimum atomic E-state index is -0.843. The first-order valence-electron chi connectivity index (χ1n) is 9.76. The number of amides is 3. The van der Waals surface area contributed by atoms with Crippen LogP contribution in [-0.2, 0) is 9.53 Å². The van der Waals surface area contributed by atoms with E-state index in [0.29, 0.717) is 36.0 Å². The Kier molecular flexibility index (Phi) is 7.16. The van der Waals surface area contributed by atoms with Gasteiger partial charge in [0.05, 0.1) is 31.3 Å². The van der Waals surface area contributed by atoms with Gasteiger partial charge in [-0.05, 0) is 31.0 Å². The van der Waals surface area contributed by atoms with Crippen LogP contribution in [0.1, 0.15) is 29.8 Å². The van der Waals surface area contributed by atoms with E-state index < -0.39 is 18.0 Å². The van der Waals surface area contributed by atoms with Crippen molar-refractivity contribution < 1.29 is 23.9 Å². The first-order valence-corrected chi connectivity index (χ1v) is 9.76. The summed E-state index contributed by atoms with van der Waals surface area (Å²) in [5.74, 6) is -0.348. The van der Waals surface area contributed by atoms with Gasteiger partial charge in [-0.3, -0.25) is 9.59 Å². The van der Waals surface area contributed by atoms with E-state index in [1.54, 1.807) is 18.2 Å². The maximum Gasteiger partial charge on any atom is 0.404 e. The summed E-state index contributed by atoms with van der Waals surface area (Å²) in [6, 6.07) is 6.68. The number of hydrogen-bond acceptors (Lipinski definition) is 8. The first kappa shape index (κ1) is 21.8. The molecule has 0 spiro atoms. The van der Waals surface area contributed by atoms with Crippen molar-refractivity contribution in [3.05, 3.63) is 30.2 Å². The number of fused-ring (bicyclic) bond motifs is 1. The summed E-state index contributed by atoms with van der Waals surface area (Å²) < 4.78 is 10.2. The Balaban J connectivity index is 1.63. The fourth-order valence-corrected chi connectivity index (χ4v) is 3.27. The number of nitrogens with two attached hydrogens (primary N) is 1. The molecule has 31 heavy (non-hydrogen) atoms. The number of aromatic nitrogens is 2. The van der Waals surface area contributed by atoms with Crippen LogP contribution in [-0.4, -0.2) is 65.1 Å². The Morgan fingerprint density at radius 3 is 2.90 bits per heavy atom. The topological polar surface area (TPSA) is 161 Å². The molecule has 11 heteroatoms. The molecule has 11 nitrogen and oxygen atoms in total. The number of nitriles is 1. The highest BCUT2D eigenvalue weighted by Crippen LogP contribution is 2.22. The summed E-state index contributed by atoms with van der Waals surface area (Å²) in [7, 11) is 0. The van der Waals surface area contributed by atoms with E-state index in [4.69, 9.17) is 15.7 Å². The molecule has 1 saturated heterocycles. The van der Waals surface area contributed by atoms with Gasteiger partial charge in [0.25, 0.3) is 5.91 Å². The number of ether oxygens (including phenoxy) is 2. The zero-order chi connectivity index (χ0) is 22.2. The van der Waals surface area contributed by atoms with Crippen molar-refractivity contribution in [2.75, 3.05) is 26.3 Å². The molecule has 162 valence electrons. The van der Waals surface area contributed by atoms with Crippen molar-refractivity contribution in [3.8, 4) is 11.8 Å². The fourth-order valence-electron chi connectivity index (χ4n) is 3.27. The monoisotopic (exact) mass is 426 g/mol. The first-order chi connectivity index (χ1) is 15.0. The minimum absolute atomic E-state index is 0.110. The van der Waals surface area contributed by atoms with E-state index in [0.717, 1.165) is 6.42 Å². The molecule has 1 aromatic carbocycles. The molecule has 1 atom stereocenters. The predicted molar refractivity (Wildman–Crippen MR) is 108 cm³/mol. The molecule has 3 N–H and O–H groups in total. The third-order valence-electron chi connectivity index (χ3n) is 4.75. The second-order valence-corrected chi connectivity index (χ2v) is 6.83. The summed E-state index contributed by atoms with van der Waals surface area (Å²) in [6.07, 6.45) is 2.29. The number of benzene rings is 1. The molecular weight excluding hydrogens is 404 g/mol. The van der Waals surface area contributed by atoms with Crippen molar-refractivity contribution in [2.45, 2.75) is 25.3 Å². The van der Waals surface area contributed by atoms with Gasteiger partial charge in [0, 0.05) is 18.4 Å². The number of primary amides is 1. The summed E-state index contributed by atoms with van der Waals surface area (Å²) in [5, 5.41) is 12.2. The Bertz CT molecular complexity index is 1020. The lowest BCUT2D eigenvalue weighted by Gasteiger charge is -2.19. The Hall–Kier alpha value is -3.94. The van der Waals surface area contributed by atoms with Gasteiger partial charge in [-0.2, -0.15) is 5.26 Å². The molecule has 0 bridgehead atoms. The number of carbonyl (C=O) groups is 3. The highest BCUT2D eigenvalue weighted by molar-refractivity contribution is 6.05. The molecule has 1 unspecified atom stereocenters. The molecule has 3 amide bonds. The zero-order valence-electron chi connectivity index (χ0n) is 16.7. The van der Waals surface area contributed by atoms with E-state index in [1.165, 1.54) is 11.2 Å². The lowest BCUT2D eigenvalue weighted by molar-refractivity contribution is -0.130. The highest BCUT2D eigenvalue weighted by Gasteiger charge is 2.28. The van der Waals surface area contributed by atoms with Gasteiger partial charge >= 0.3 is 6.09 Å². The molecule has 1 aliphatic rings. The van der Waals surface area contributed by atoms with Crippen LogP contribution in [0.15, 0.2) is 24.5 Å². The minimum Gasteiger partial charge on any atom is -0.493 e. The predicted octanol–water partition coefficient (Wildman–Crippen LogP) is 0.738. The van der Waals surface area contributed by atoms with E-state index in [9.17, 15) is 14.4 Å². The van der Waals surface area contributed by atoms with Crippen molar-refractivity contribution in [1.29, 1.82) is 5.26 Å². The quantitative estimate of drug-likeness (QED) is 0.584. The summed E-state index contributed by atoms with van der Waals surface area (Å²) in [6.45, 7) is 0.697. The van der Waals surface area contributed by atoms with Crippen LogP contribution in [0, 0.1) is 11.3 Å². The van der Waals surface area contributed by atoms with E-state index in [1.807, 2.05) is 0 Å². The molecule has 0 aliphatic carbocycles.